The van der Waals surface area contributed by atoms with Gasteiger partial charge in [-0.1, -0.05) is 0 Å². The molecule has 0 amide bonds. The van der Waals surface area contributed by atoms with Crippen molar-refractivity contribution in [2.75, 3.05) is 19.8 Å². The minimum Gasteiger partial charge on any atom is -1.00 e. The van der Waals surface area contributed by atoms with Crippen molar-refractivity contribution in [3.8, 4) is 0 Å². The van der Waals surface area contributed by atoms with Gasteiger partial charge in [-0.25, -0.2) is 0 Å². The molecule has 0 spiro atoms. The maximum absolute atomic E-state index is 11.0. The summed E-state index contributed by atoms with van der Waals surface area (Å²) in [5.41, 5.74) is 3.73. The van der Waals surface area contributed by atoms with Gasteiger partial charge in [0, 0.05) is 6.61 Å². The summed E-state index contributed by atoms with van der Waals surface area (Å²) in [5.74, 6) is 0. The molecule has 0 fully saturated rings. The Balaban J connectivity index is -0.000000980. The average Bonchev–Trinajstić information content (AvgIpc) is 2.12. The van der Waals surface area contributed by atoms with E-state index in [1.54, 1.807) is 0 Å². The van der Waals surface area contributed by atoms with Crippen molar-refractivity contribution in [3.63, 3.8) is 0 Å². The first-order valence-corrected chi connectivity index (χ1v) is 5.71. The monoisotopic (exact) mass is 267 g/mol. The SMILES string of the molecule is CC(N)(C(CO)(CO)CCO)S(=O)(=O)O.[H-].[Na+]. The van der Waals surface area contributed by atoms with Crippen LogP contribution in [0.2, 0.25) is 0 Å². The predicted octanol–water partition coefficient (Wildman–Crippen LogP) is -4.98. The Kier molecular flexibility index (Phi) is 7.90. The molecule has 0 heterocycles. The molecule has 0 aromatic rings. The Morgan fingerprint density at radius 2 is 1.62 bits per heavy atom. The first kappa shape index (κ1) is 19.1. The van der Waals surface area contributed by atoms with Crippen LogP contribution in [0.25, 0.3) is 0 Å². The van der Waals surface area contributed by atoms with Crippen LogP contribution in [0.1, 0.15) is 14.8 Å². The Morgan fingerprint density at radius 1 is 1.25 bits per heavy atom. The van der Waals surface area contributed by atoms with E-state index in [0.717, 1.165) is 6.92 Å². The molecule has 94 valence electrons. The van der Waals surface area contributed by atoms with Gasteiger partial charge in [-0.05, 0) is 13.3 Å². The topological polar surface area (TPSA) is 141 Å². The average molecular weight is 267 g/mol. The Morgan fingerprint density at radius 3 is 1.81 bits per heavy atom. The van der Waals surface area contributed by atoms with E-state index in [-0.39, 0.29) is 37.4 Å². The van der Waals surface area contributed by atoms with Crippen molar-refractivity contribution in [1.82, 2.24) is 0 Å². The van der Waals surface area contributed by atoms with Crippen molar-refractivity contribution in [3.05, 3.63) is 0 Å². The van der Waals surface area contributed by atoms with Crippen LogP contribution < -0.4 is 35.3 Å². The second kappa shape index (κ2) is 6.62. The molecule has 16 heavy (non-hydrogen) atoms. The third kappa shape index (κ3) is 3.37. The summed E-state index contributed by atoms with van der Waals surface area (Å²) in [6.07, 6.45) is -0.243. The van der Waals surface area contributed by atoms with Crippen LogP contribution in [0.15, 0.2) is 0 Å². The van der Waals surface area contributed by atoms with Gasteiger partial charge in [0.05, 0.1) is 18.6 Å². The predicted molar refractivity (Wildman–Crippen MR) is 53.6 cm³/mol. The number of rotatable bonds is 6. The quantitative estimate of drug-likeness (QED) is 0.240. The van der Waals surface area contributed by atoms with E-state index in [1.807, 2.05) is 0 Å². The first-order valence-electron chi connectivity index (χ1n) is 4.27. The molecular formula is C7H18NNaO6S. The zero-order valence-electron chi connectivity index (χ0n) is 10.4. The third-order valence-electron chi connectivity index (χ3n) is 2.78. The number of hydrogen-bond acceptors (Lipinski definition) is 6. The van der Waals surface area contributed by atoms with Gasteiger partial charge in [0.15, 0.2) is 4.87 Å². The standard InChI is InChI=1S/C7H17NO6S.Na.H/c1-6(8,15(12,13)14)7(4-10,5-11)2-3-9;;/h9-11H,2-5,8H2,1H3,(H,12,13,14);;/q;+1;-1. The maximum Gasteiger partial charge on any atom is 1.00 e. The van der Waals surface area contributed by atoms with Crippen molar-refractivity contribution in [1.29, 1.82) is 0 Å². The number of hydrogen-bond donors (Lipinski definition) is 5. The molecule has 0 bridgehead atoms. The summed E-state index contributed by atoms with van der Waals surface area (Å²) < 4.78 is 31.0. The molecule has 0 aromatic heterocycles. The van der Waals surface area contributed by atoms with Crippen molar-refractivity contribution in [2.24, 2.45) is 11.1 Å². The van der Waals surface area contributed by atoms with E-state index in [4.69, 9.17) is 25.6 Å². The summed E-state index contributed by atoms with van der Waals surface area (Å²) in [6, 6.07) is 0. The van der Waals surface area contributed by atoms with Crippen LogP contribution in [0.4, 0.5) is 0 Å². The molecule has 0 saturated heterocycles. The molecule has 0 rings (SSSR count). The normalized spacial score (nSPS) is 16.4. The van der Waals surface area contributed by atoms with E-state index >= 15 is 0 Å². The van der Waals surface area contributed by atoms with Crippen molar-refractivity contribution >= 4 is 10.1 Å². The molecule has 0 saturated carbocycles. The molecule has 0 aliphatic heterocycles. The van der Waals surface area contributed by atoms with E-state index in [2.05, 4.69) is 0 Å². The zero-order chi connectivity index (χ0) is 12.3. The Hall–Kier alpha value is 0.750. The van der Waals surface area contributed by atoms with E-state index in [0.29, 0.717) is 0 Å². The summed E-state index contributed by atoms with van der Waals surface area (Å²) in [6.45, 7) is -1.03. The van der Waals surface area contributed by atoms with E-state index in [9.17, 15) is 8.42 Å². The summed E-state index contributed by atoms with van der Waals surface area (Å²) in [5, 5.41) is 26.9. The molecule has 6 N–H and O–H groups in total. The van der Waals surface area contributed by atoms with Gasteiger partial charge in [-0.15, -0.1) is 0 Å². The van der Waals surface area contributed by atoms with E-state index in [1.165, 1.54) is 0 Å². The molecule has 0 aliphatic rings. The Bertz CT molecular complexity index is 305. The fourth-order valence-electron chi connectivity index (χ4n) is 1.26. The van der Waals surface area contributed by atoms with Gasteiger partial charge in [0.2, 0.25) is 0 Å². The number of aliphatic hydroxyl groups is 3. The van der Waals surface area contributed by atoms with Gasteiger partial charge < -0.3 is 22.5 Å². The fraction of sp³-hybridized carbons (Fsp3) is 1.00. The van der Waals surface area contributed by atoms with Crippen LogP contribution in [0.3, 0.4) is 0 Å². The van der Waals surface area contributed by atoms with Crippen molar-refractivity contribution < 1.29 is 59.3 Å². The number of aliphatic hydroxyl groups excluding tert-OH is 3. The smallest absolute Gasteiger partial charge is 1.00 e. The van der Waals surface area contributed by atoms with Crippen LogP contribution in [-0.2, 0) is 10.1 Å². The molecule has 7 nitrogen and oxygen atoms in total. The van der Waals surface area contributed by atoms with Gasteiger partial charge in [-0.2, -0.15) is 8.42 Å². The fourth-order valence-corrected chi connectivity index (χ4v) is 2.04. The molecular weight excluding hydrogens is 249 g/mol. The van der Waals surface area contributed by atoms with Crippen LogP contribution in [0, 0.1) is 5.41 Å². The molecule has 9 heteroatoms. The zero-order valence-corrected chi connectivity index (χ0v) is 12.2. The minimum atomic E-state index is -4.66. The number of nitrogens with two attached hydrogens (primary N) is 1. The van der Waals surface area contributed by atoms with Crippen LogP contribution in [-0.4, -0.2) is 53.0 Å². The molecule has 0 aromatic carbocycles. The van der Waals surface area contributed by atoms with Crippen LogP contribution >= 0.6 is 0 Å². The largest absolute Gasteiger partial charge is 1.00 e. The van der Waals surface area contributed by atoms with Gasteiger partial charge in [0.1, 0.15) is 0 Å². The van der Waals surface area contributed by atoms with E-state index < -0.39 is 40.2 Å². The molecule has 0 aliphatic carbocycles. The molecule has 1 atom stereocenters. The summed E-state index contributed by atoms with van der Waals surface area (Å²) in [4.78, 5) is -2.23. The van der Waals surface area contributed by atoms with Gasteiger partial charge in [-0.3, -0.25) is 4.55 Å². The maximum atomic E-state index is 11.0. The second-order valence-electron chi connectivity index (χ2n) is 3.65. The molecule has 1 unspecified atom stereocenters. The summed E-state index contributed by atoms with van der Waals surface area (Å²) in [7, 11) is -4.66. The summed E-state index contributed by atoms with van der Waals surface area (Å²) >= 11 is 0. The van der Waals surface area contributed by atoms with Gasteiger partial charge >= 0.3 is 29.6 Å². The van der Waals surface area contributed by atoms with Crippen LogP contribution in [0.5, 0.6) is 0 Å². The first-order chi connectivity index (χ1) is 6.68. The van der Waals surface area contributed by atoms with Gasteiger partial charge in [0.25, 0.3) is 10.1 Å². The molecule has 0 radical (unpaired) electrons. The van der Waals surface area contributed by atoms with Crippen molar-refractivity contribution in [2.45, 2.75) is 18.2 Å². The Labute approximate surface area is 118 Å². The minimum absolute atomic E-state index is 0. The third-order valence-corrected chi connectivity index (χ3v) is 4.29. The second-order valence-corrected chi connectivity index (χ2v) is 5.45.